The van der Waals surface area contributed by atoms with Crippen molar-refractivity contribution in [3.05, 3.63) is 0 Å². The average Bonchev–Trinajstić information content (AvgIpc) is 2.43. The van der Waals surface area contributed by atoms with E-state index >= 15 is 0 Å². The standard InChI is InChI=1S/C15H27NO3/c1-3-12(4-2)10-13(17)16-11-15(14(18)19)8-6-5-7-9-15/h12H,3-11H2,1-2H3,(H,16,17)(H,18,19). The van der Waals surface area contributed by atoms with Gasteiger partial charge in [-0.05, 0) is 18.8 Å². The molecule has 0 aliphatic heterocycles. The highest BCUT2D eigenvalue weighted by Crippen LogP contribution is 2.36. The minimum absolute atomic E-state index is 0.0000940. The lowest BCUT2D eigenvalue weighted by atomic mass is 9.74. The summed E-state index contributed by atoms with van der Waals surface area (Å²) in [4.78, 5) is 23.3. The summed E-state index contributed by atoms with van der Waals surface area (Å²) in [6.45, 7) is 4.46. The van der Waals surface area contributed by atoms with Gasteiger partial charge in [0.05, 0.1) is 5.41 Å². The van der Waals surface area contributed by atoms with Gasteiger partial charge in [0.15, 0.2) is 0 Å². The third kappa shape index (κ3) is 4.51. The van der Waals surface area contributed by atoms with Crippen molar-refractivity contribution in [3.63, 3.8) is 0 Å². The number of aliphatic carboxylic acids is 1. The summed E-state index contributed by atoms with van der Waals surface area (Å²) in [5, 5.41) is 12.3. The SMILES string of the molecule is CCC(CC)CC(=O)NCC1(C(=O)O)CCCCC1. The monoisotopic (exact) mass is 269 g/mol. The lowest BCUT2D eigenvalue weighted by Crippen LogP contribution is -2.44. The van der Waals surface area contributed by atoms with E-state index in [1.54, 1.807) is 0 Å². The number of carboxylic acids is 1. The average molecular weight is 269 g/mol. The van der Waals surface area contributed by atoms with E-state index in [4.69, 9.17) is 0 Å². The first-order valence-corrected chi connectivity index (χ1v) is 7.54. The van der Waals surface area contributed by atoms with Gasteiger partial charge >= 0.3 is 5.97 Å². The number of carboxylic acid groups (broad SMARTS) is 1. The smallest absolute Gasteiger partial charge is 0.311 e. The van der Waals surface area contributed by atoms with Crippen molar-refractivity contribution in [2.24, 2.45) is 11.3 Å². The van der Waals surface area contributed by atoms with E-state index in [0.717, 1.165) is 32.1 Å². The van der Waals surface area contributed by atoms with Gasteiger partial charge in [0.25, 0.3) is 0 Å². The topological polar surface area (TPSA) is 66.4 Å². The second-order valence-corrected chi connectivity index (χ2v) is 5.81. The predicted molar refractivity (Wildman–Crippen MR) is 74.9 cm³/mol. The van der Waals surface area contributed by atoms with E-state index in [9.17, 15) is 14.7 Å². The molecule has 0 atom stereocenters. The molecule has 4 nitrogen and oxygen atoms in total. The van der Waals surface area contributed by atoms with Crippen LogP contribution in [0.15, 0.2) is 0 Å². The number of amides is 1. The van der Waals surface area contributed by atoms with Crippen LogP contribution in [0.2, 0.25) is 0 Å². The minimum Gasteiger partial charge on any atom is -0.481 e. The highest BCUT2D eigenvalue weighted by molar-refractivity contribution is 5.79. The van der Waals surface area contributed by atoms with Crippen LogP contribution in [0.25, 0.3) is 0 Å². The number of hydrogen-bond acceptors (Lipinski definition) is 2. The van der Waals surface area contributed by atoms with Crippen molar-refractivity contribution < 1.29 is 14.7 Å². The van der Waals surface area contributed by atoms with Crippen molar-refractivity contribution in [3.8, 4) is 0 Å². The van der Waals surface area contributed by atoms with E-state index in [2.05, 4.69) is 19.2 Å². The zero-order valence-electron chi connectivity index (χ0n) is 12.2. The summed E-state index contributed by atoms with van der Waals surface area (Å²) < 4.78 is 0. The highest BCUT2D eigenvalue weighted by atomic mass is 16.4. The number of carbonyl (C=O) groups excluding carboxylic acids is 1. The fourth-order valence-electron chi connectivity index (χ4n) is 2.87. The zero-order valence-corrected chi connectivity index (χ0v) is 12.2. The Hall–Kier alpha value is -1.06. The van der Waals surface area contributed by atoms with Crippen LogP contribution >= 0.6 is 0 Å². The maximum absolute atomic E-state index is 11.9. The second-order valence-electron chi connectivity index (χ2n) is 5.81. The van der Waals surface area contributed by atoms with E-state index in [0.29, 0.717) is 31.7 Å². The maximum atomic E-state index is 11.9. The highest BCUT2D eigenvalue weighted by Gasteiger charge is 2.39. The normalized spacial score (nSPS) is 18.3. The van der Waals surface area contributed by atoms with Crippen molar-refractivity contribution in [2.45, 2.75) is 65.2 Å². The Morgan fingerprint density at radius 3 is 2.21 bits per heavy atom. The molecule has 1 rings (SSSR count). The molecule has 1 aliphatic carbocycles. The molecular weight excluding hydrogens is 242 g/mol. The zero-order chi connectivity index (χ0) is 14.3. The molecule has 0 saturated heterocycles. The number of nitrogens with one attached hydrogen (secondary N) is 1. The molecule has 1 amide bonds. The van der Waals surface area contributed by atoms with Crippen LogP contribution in [0, 0.1) is 11.3 Å². The quantitative estimate of drug-likeness (QED) is 0.746. The van der Waals surface area contributed by atoms with Gasteiger partial charge in [0, 0.05) is 13.0 Å². The maximum Gasteiger partial charge on any atom is 0.311 e. The Bertz CT molecular complexity index is 305. The van der Waals surface area contributed by atoms with E-state index in [1.165, 1.54) is 0 Å². The molecule has 4 heteroatoms. The molecule has 2 N–H and O–H groups in total. The van der Waals surface area contributed by atoms with Crippen LogP contribution in [0.4, 0.5) is 0 Å². The first-order chi connectivity index (χ1) is 9.04. The van der Waals surface area contributed by atoms with Crippen LogP contribution in [0.1, 0.15) is 65.2 Å². The van der Waals surface area contributed by atoms with Gasteiger partial charge in [0.1, 0.15) is 0 Å². The molecule has 0 unspecified atom stereocenters. The van der Waals surface area contributed by atoms with Crippen molar-refractivity contribution in [1.29, 1.82) is 0 Å². The summed E-state index contributed by atoms with van der Waals surface area (Å²) in [6, 6.07) is 0. The van der Waals surface area contributed by atoms with E-state index in [-0.39, 0.29) is 5.91 Å². The van der Waals surface area contributed by atoms with Gasteiger partial charge in [-0.1, -0.05) is 46.0 Å². The third-order valence-corrected chi connectivity index (χ3v) is 4.52. The van der Waals surface area contributed by atoms with Crippen LogP contribution < -0.4 is 5.32 Å². The number of rotatable bonds is 7. The molecule has 0 bridgehead atoms. The van der Waals surface area contributed by atoms with Crippen LogP contribution in [0.5, 0.6) is 0 Å². The largest absolute Gasteiger partial charge is 0.481 e. The summed E-state index contributed by atoms with van der Waals surface area (Å²) in [5.74, 6) is -0.345. The summed E-state index contributed by atoms with van der Waals surface area (Å²) in [7, 11) is 0. The molecular formula is C15H27NO3. The number of carbonyl (C=O) groups is 2. The Morgan fingerprint density at radius 2 is 1.74 bits per heavy atom. The molecule has 0 aromatic rings. The Balaban J connectivity index is 2.48. The number of hydrogen-bond donors (Lipinski definition) is 2. The summed E-state index contributed by atoms with van der Waals surface area (Å²) in [6.07, 6.45) is 6.89. The van der Waals surface area contributed by atoms with Crippen LogP contribution in [0.3, 0.4) is 0 Å². The molecule has 1 aliphatic rings. The molecule has 110 valence electrons. The molecule has 0 heterocycles. The van der Waals surface area contributed by atoms with Gasteiger partial charge in [-0.15, -0.1) is 0 Å². The van der Waals surface area contributed by atoms with Crippen LogP contribution in [-0.2, 0) is 9.59 Å². The molecule has 1 fully saturated rings. The predicted octanol–water partition coefficient (Wildman–Crippen LogP) is 2.96. The van der Waals surface area contributed by atoms with Gasteiger partial charge in [-0.25, -0.2) is 0 Å². The summed E-state index contributed by atoms with van der Waals surface area (Å²) in [5.41, 5.74) is -0.720. The van der Waals surface area contributed by atoms with Gasteiger partial charge in [0.2, 0.25) is 5.91 Å². The van der Waals surface area contributed by atoms with Crippen molar-refractivity contribution in [2.75, 3.05) is 6.54 Å². The molecule has 0 spiro atoms. The molecule has 0 aromatic carbocycles. The Labute approximate surface area is 116 Å². The second kappa shape index (κ2) is 7.51. The Morgan fingerprint density at radius 1 is 1.16 bits per heavy atom. The first-order valence-electron chi connectivity index (χ1n) is 7.54. The molecule has 0 radical (unpaired) electrons. The lowest BCUT2D eigenvalue weighted by Gasteiger charge is -2.33. The first kappa shape index (κ1) is 16.0. The van der Waals surface area contributed by atoms with E-state index < -0.39 is 11.4 Å². The molecule has 1 saturated carbocycles. The van der Waals surface area contributed by atoms with Crippen molar-refractivity contribution in [1.82, 2.24) is 5.32 Å². The molecule has 0 aromatic heterocycles. The minimum atomic E-state index is -0.755. The van der Waals surface area contributed by atoms with Crippen molar-refractivity contribution >= 4 is 11.9 Å². The van der Waals surface area contributed by atoms with Gasteiger partial charge < -0.3 is 10.4 Å². The molecule has 19 heavy (non-hydrogen) atoms. The Kier molecular flexibility index (Phi) is 6.32. The fraction of sp³-hybridized carbons (Fsp3) is 0.867. The fourth-order valence-corrected chi connectivity index (χ4v) is 2.87. The van der Waals surface area contributed by atoms with Gasteiger partial charge in [-0.2, -0.15) is 0 Å². The van der Waals surface area contributed by atoms with Gasteiger partial charge in [-0.3, -0.25) is 9.59 Å². The van der Waals surface area contributed by atoms with E-state index in [1.807, 2.05) is 0 Å². The summed E-state index contributed by atoms with van der Waals surface area (Å²) >= 11 is 0. The van der Waals surface area contributed by atoms with Crippen LogP contribution in [-0.4, -0.2) is 23.5 Å². The third-order valence-electron chi connectivity index (χ3n) is 4.52. The lowest BCUT2D eigenvalue weighted by molar-refractivity contribution is -0.151.